The zero-order valence-corrected chi connectivity index (χ0v) is 45.8. The van der Waals surface area contributed by atoms with E-state index < -0.39 is 31.7 Å². The number of sulfonamides is 1. The van der Waals surface area contributed by atoms with Crippen LogP contribution in [0.5, 0.6) is 23.0 Å². The summed E-state index contributed by atoms with van der Waals surface area (Å²) in [5.41, 5.74) is 3.11. The Balaban J connectivity index is 0.906. The molecule has 2 aromatic heterocycles. The second-order valence-corrected chi connectivity index (χ2v) is 22.9. The number of methoxy groups -OCH3 is 2. The van der Waals surface area contributed by atoms with Gasteiger partial charge in [-0.25, -0.2) is 18.1 Å². The van der Waals surface area contributed by atoms with Gasteiger partial charge in [0.25, 0.3) is 20.1 Å². The second kappa shape index (κ2) is 24.3. The highest BCUT2D eigenvalue weighted by atomic mass is 32.2. The highest BCUT2D eigenvalue weighted by Crippen LogP contribution is 2.41. The molecule has 1 atom stereocenters. The molecule has 1 N–H and O–H groups in total. The van der Waals surface area contributed by atoms with Crippen LogP contribution in [0.15, 0.2) is 161 Å². The summed E-state index contributed by atoms with van der Waals surface area (Å²) in [5.74, 6) is 1.35. The van der Waals surface area contributed by atoms with Crippen LogP contribution in [0, 0.1) is 12.8 Å². The highest BCUT2D eigenvalue weighted by molar-refractivity contribution is 7.91. The van der Waals surface area contributed by atoms with Crippen molar-refractivity contribution in [2.24, 2.45) is 5.92 Å². The summed E-state index contributed by atoms with van der Waals surface area (Å²) >= 11 is 0.997. The van der Waals surface area contributed by atoms with E-state index in [0.29, 0.717) is 81.5 Å². The minimum atomic E-state index is -4.34. The normalized spacial score (nSPS) is 13.7. The molecule has 406 valence electrons. The van der Waals surface area contributed by atoms with Crippen molar-refractivity contribution in [2.75, 3.05) is 47.1 Å². The zero-order chi connectivity index (χ0) is 54.9. The van der Waals surface area contributed by atoms with Gasteiger partial charge < -0.3 is 28.6 Å². The maximum atomic E-state index is 14.8. The molecule has 3 heterocycles. The Morgan fingerprint density at radius 2 is 1.36 bits per heavy atom. The van der Waals surface area contributed by atoms with Gasteiger partial charge in [0.2, 0.25) is 10.2 Å². The Morgan fingerprint density at radius 1 is 0.744 bits per heavy atom. The first-order valence-electron chi connectivity index (χ1n) is 25.1. The molecule has 0 radical (unpaired) electrons. The van der Waals surface area contributed by atoms with Gasteiger partial charge in [0.05, 0.1) is 48.1 Å². The van der Waals surface area contributed by atoms with Gasteiger partial charge in [-0.15, -0.1) is 16.4 Å². The van der Waals surface area contributed by atoms with Crippen molar-refractivity contribution in [3.8, 4) is 23.0 Å². The molecule has 0 bridgehead atoms. The Morgan fingerprint density at radius 3 is 1.99 bits per heavy atom. The van der Waals surface area contributed by atoms with Crippen molar-refractivity contribution in [3.63, 3.8) is 0 Å². The van der Waals surface area contributed by atoms with Crippen LogP contribution in [0.25, 0.3) is 10.2 Å². The van der Waals surface area contributed by atoms with Crippen molar-refractivity contribution < 1.29 is 54.3 Å². The lowest BCUT2D eigenvalue weighted by atomic mass is 9.78. The first-order valence-corrected chi connectivity index (χ1v) is 28.8. The van der Waals surface area contributed by atoms with Gasteiger partial charge in [0.15, 0.2) is 0 Å². The predicted octanol–water partition coefficient (Wildman–Crippen LogP) is 8.43. The number of benzene rings is 6. The fourth-order valence-corrected chi connectivity index (χ4v) is 12.7. The smallest absolute Gasteiger partial charge is 0.309 e. The number of aromatic nitrogens is 4. The Bertz CT molecular complexity index is 3510. The van der Waals surface area contributed by atoms with E-state index >= 15 is 0 Å². The van der Waals surface area contributed by atoms with Crippen LogP contribution in [-0.4, -0.2) is 101 Å². The molecule has 78 heavy (non-hydrogen) atoms. The van der Waals surface area contributed by atoms with Crippen LogP contribution in [0.2, 0.25) is 0 Å². The number of rotatable bonds is 23. The molecule has 9 rings (SSSR count). The van der Waals surface area contributed by atoms with Crippen LogP contribution in [0.1, 0.15) is 59.3 Å². The predicted molar refractivity (Wildman–Crippen MR) is 292 cm³/mol. The van der Waals surface area contributed by atoms with Gasteiger partial charge >= 0.3 is 5.97 Å². The fourth-order valence-electron chi connectivity index (χ4n) is 9.19. The number of piperidine rings is 1. The molecule has 0 spiro atoms. The lowest BCUT2D eigenvalue weighted by molar-refractivity contribution is -0.151. The number of thiazole rings is 1. The van der Waals surface area contributed by atoms with Crippen LogP contribution >= 0.6 is 11.3 Å². The summed E-state index contributed by atoms with van der Waals surface area (Å²) < 4.78 is 93.1. The first kappa shape index (κ1) is 55.1. The number of nitrogens with zero attached hydrogens (tertiary/aromatic N) is 5. The molecule has 0 saturated carbocycles. The van der Waals surface area contributed by atoms with E-state index in [1.54, 1.807) is 99.0 Å². The molecule has 1 aliphatic rings. The molecule has 1 amide bonds. The average Bonchev–Trinajstić information content (AvgIpc) is 4.21. The summed E-state index contributed by atoms with van der Waals surface area (Å²) in [4.78, 5) is 33.3. The molecule has 18 nitrogen and oxygen atoms in total. The van der Waals surface area contributed by atoms with Crippen molar-refractivity contribution in [2.45, 2.75) is 60.5 Å². The van der Waals surface area contributed by atoms with Gasteiger partial charge in [0, 0.05) is 19.5 Å². The summed E-state index contributed by atoms with van der Waals surface area (Å²) in [7, 11) is -5.16. The van der Waals surface area contributed by atoms with Crippen molar-refractivity contribution in [1.29, 1.82) is 0 Å². The van der Waals surface area contributed by atoms with E-state index in [1.165, 1.54) is 16.8 Å². The third kappa shape index (κ3) is 12.7. The Hall–Kier alpha value is -7.69. The lowest BCUT2D eigenvalue weighted by Crippen LogP contribution is -2.47. The van der Waals surface area contributed by atoms with Crippen LogP contribution in [0.4, 0.5) is 0 Å². The molecule has 0 aliphatic carbocycles. The number of fused-ring (bicyclic) bond motifs is 1. The molecule has 0 unspecified atom stereocenters. The van der Waals surface area contributed by atoms with Gasteiger partial charge in [-0.1, -0.05) is 89.6 Å². The number of carbonyl (C=O) groups is 2. The minimum Gasteiger partial charge on any atom is -0.497 e. The van der Waals surface area contributed by atoms with Gasteiger partial charge in [-0.2, -0.15) is 13.1 Å². The second-order valence-electron chi connectivity index (χ2n) is 18.4. The van der Waals surface area contributed by atoms with Crippen molar-refractivity contribution in [1.82, 2.24) is 29.6 Å². The summed E-state index contributed by atoms with van der Waals surface area (Å²) in [6, 6.07) is 41.5. The van der Waals surface area contributed by atoms with Crippen molar-refractivity contribution >= 4 is 53.6 Å². The molecule has 1 saturated heterocycles. The third-order valence-electron chi connectivity index (χ3n) is 13.3. The zero-order valence-electron chi connectivity index (χ0n) is 43.3. The van der Waals surface area contributed by atoms with Crippen LogP contribution < -0.4 is 23.7 Å². The number of hydrogen-bond acceptors (Lipinski definition) is 16. The monoisotopic (exact) mass is 1110 g/mol. The van der Waals surface area contributed by atoms with E-state index in [2.05, 4.69) is 20.0 Å². The first-order chi connectivity index (χ1) is 37.7. The van der Waals surface area contributed by atoms with Gasteiger partial charge in [-0.3, -0.25) is 13.8 Å². The van der Waals surface area contributed by atoms with Crippen molar-refractivity contribution in [3.05, 3.63) is 185 Å². The summed E-state index contributed by atoms with van der Waals surface area (Å²) in [6.45, 7) is 4.37. The molecular weight excluding hydrogens is 1060 g/mol. The van der Waals surface area contributed by atoms with E-state index in [9.17, 15) is 26.4 Å². The highest BCUT2D eigenvalue weighted by Gasteiger charge is 2.42. The average molecular weight is 1120 g/mol. The maximum absolute atomic E-state index is 14.8. The number of ether oxygens (including phenoxy) is 5. The number of esters is 1. The van der Waals surface area contributed by atoms with E-state index in [0.717, 1.165) is 22.5 Å². The quantitative estimate of drug-likeness (QED) is 0.0275. The number of likely N-dealkylation sites (tertiary alicyclic amines) is 1. The molecule has 8 aromatic rings. The fraction of sp³-hybridized carbons (Fsp3) is 0.281. The molecule has 6 aromatic carbocycles. The lowest BCUT2D eigenvalue weighted by Gasteiger charge is -2.36. The molecule has 1 fully saturated rings. The molecule has 21 heteroatoms. The van der Waals surface area contributed by atoms with Gasteiger partial charge in [-0.05, 0) is 116 Å². The number of nitrogens with one attached hydrogen (secondary N) is 1. The number of hydrogen-bond donors (Lipinski definition) is 1. The summed E-state index contributed by atoms with van der Waals surface area (Å²) in [5, 5.41) is 8.77. The summed E-state index contributed by atoms with van der Waals surface area (Å²) in [6.07, 6.45) is 2.81. The number of aryl methyl sites for hydroxylation is 1. The van der Waals surface area contributed by atoms with E-state index in [-0.39, 0.29) is 59.9 Å². The van der Waals surface area contributed by atoms with E-state index in [1.807, 2.05) is 73.7 Å². The molecular formula is C57H58N6O12S3. The minimum absolute atomic E-state index is 0.0243. The Labute approximate surface area is 457 Å². The largest absolute Gasteiger partial charge is 0.497 e. The maximum Gasteiger partial charge on any atom is 0.309 e. The molecule has 1 aliphatic heterocycles. The van der Waals surface area contributed by atoms with Crippen LogP contribution in [0.3, 0.4) is 0 Å². The Kier molecular flexibility index (Phi) is 17.2. The van der Waals surface area contributed by atoms with E-state index in [4.69, 9.17) is 27.9 Å². The third-order valence-corrected chi connectivity index (χ3v) is 17.5. The number of amides is 1. The van der Waals surface area contributed by atoms with Crippen LogP contribution in [-0.2, 0) is 57.2 Å². The number of carbonyl (C=O) groups excluding carboxylic acids is 2. The topological polar surface area (TPSA) is 217 Å². The standard InChI is InChI=1S/C57H58N6O12S3/c1-5-72-55(65)41-29-31-62(32-30-41)54(64)52(35-40-13-19-48(20-14-40)73-33-34-75-78(68,69)50-26-11-39(2)12-27-50)63-37-45(59-61-63)38-74-49-25-28-51-53(36-49)76-56(58-51)77(66,67)60-57(42-9-7-6-8-10-42,43-15-21-46(70-3)22-16-43)44-17-23-47(71-4)24-18-44/h6-28,36-37,41,52,60H,5,29-35,38H2,1-4H3/t52-/m0/s1. The van der Waals surface area contributed by atoms with Gasteiger partial charge in [0.1, 0.15) is 60.1 Å². The SMILES string of the molecule is CCOC(=O)C1CCN(C(=O)[C@H](Cc2ccc(OCCOS(=O)(=O)c3ccc(C)cc3)cc2)n2cc(COc3ccc4nc(S(=O)(=O)NC(c5ccccc5)(c5ccc(OC)cc5)c5ccc(OC)cc5)sc4c3)nn2)CC1.